The van der Waals surface area contributed by atoms with Crippen LogP contribution in [-0.4, -0.2) is 100.0 Å². The highest BCUT2D eigenvalue weighted by Gasteiger charge is 2.44. The van der Waals surface area contributed by atoms with Crippen molar-refractivity contribution in [2.75, 3.05) is 32.0 Å². The van der Waals surface area contributed by atoms with Crippen LogP contribution in [0.1, 0.15) is 43.4 Å². The minimum Gasteiger partial charge on any atom is -0.380 e. The van der Waals surface area contributed by atoms with Gasteiger partial charge in [-0.15, -0.1) is 11.8 Å². The monoisotopic (exact) mass is 951 g/mol. The summed E-state index contributed by atoms with van der Waals surface area (Å²) < 4.78 is 82.8. The van der Waals surface area contributed by atoms with Gasteiger partial charge >= 0.3 is 0 Å². The van der Waals surface area contributed by atoms with E-state index in [0.29, 0.717) is 27.6 Å². The fourth-order valence-electron chi connectivity index (χ4n) is 7.11. The van der Waals surface area contributed by atoms with Crippen LogP contribution >= 0.6 is 11.8 Å². The molecule has 0 spiro atoms. The number of aromatic nitrogens is 3. The van der Waals surface area contributed by atoms with E-state index in [1.54, 1.807) is 82.3 Å². The van der Waals surface area contributed by atoms with E-state index >= 15 is 4.39 Å². The van der Waals surface area contributed by atoms with Crippen LogP contribution in [0.2, 0.25) is 0 Å². The quantitative estimate of drug-likeness (QED) is 0.0428. The van der Waals surface area contributed by atoms with Gasteiger partial charge in [0.15, 0.2) is 29.2 Å². The zero-order valence-electron chi connectivity index (χ0n) is 35.9. The van der Waals surface area contributed by atoms with E-state index in [2.05, 4.69) is 16.9 Å². The Morgan fingerprint density at radius 1 is 0.846 bits per heavy atom. The van der Waals surface area contributed by atoms with Crippen LogP contribution in [0.4, 0.5) is 8.78 Å². The summed E-state index contributed by atoms with van der Waals surface area (Å²) in [6.45, 7) is 3.25. The van der Waals surface area contributed by atoms with Crippen molar-refractivity contribution < 1.29 is 55.5 Å². The maximum Gasteiger partial charge on any atom is 0.264 e. The highest BCUT2D eigenvalue weighted by Crippen LogP contribution is 2.32. The maximum atomic E-state index is 15.1. The second-order valence-corrected chi connectivity index (χ2v) is 21.9. The molecule has 65 heavy (non-hydrogen) atoms. The fraction of sp³-hybridized carbons (Fsp3) is 0.311. The van der Waals surface area contributed by atoms with Crippen molar-refractivity contribution in [2.24, 2.45) is 0 Å². The van der Waals surface area contributed by atoms with Crippen molar-refractivity contribution >= 4 is 65.1 Å². The number of carbonyl (C=O) groups is 2. The molecule has 0 bridgehead atoms. The molecule has 2 atom stereocenters. The number of rotatable bonds is 13. The Morgan fingerprint density at radius 3 is 2.02 bits per heavy atom. The lowest BCUT2D eigenvalue weighted by molar-refractivity contribution is -0.184. The van der Waals surface area contributed by atoms with Crippen molar-refractivity contribution in [3.63, 3.8) is 0 Å². The minimum atomic E-state index is -3.84. The molecule has 4 aromatic carbocycles. The van der Waals surface area contributed by atoms with Gasteiger partial charge in [-0.05, 0) is 98.7 Å². The van der Waals surface area contributed by atoms with Crippen molar-refractivity contribution in [3.05, 3.63) is 120 Å². The second-order valence-electron chi connectivity index (χ2n) is 16.1. The lowest BCUT2D eigenvalue weighted by Crippen LogP contribution is -2.49. The molecule has 2 amide bonds. The van der Waals surface area contributed by atoms with Crippen LogP contribution in [0.25, 0.3) is 32.9 Å². The molecule has 7 rings (SSSR count). The highest BCUT2D eigenvalue weighted by atomic mass is 32.2. The molecule has 1 aliphatic rings. The van der Waals surface area contributed by atoms with E-state index in [9.17, 15) is 35.9 Å². The number of carbonyl (C=O) groups excluding carboxylic acids is 2. The van der Waals surface area contributed by atoms with Gasteiger partial charge < -0.3 is 14.4 Å². The third-order valence-electron chi connectivity index (χ3n) is 11.9. The summed E-state index contributed by atoms with van der Waals surface area (Å²) in [5.41, 5.74) is 5.92. The van der Waals surface area contributed by atoms with Crippen molar-refractivity contribution in [1.29, 1.82) is 0 Å². The van der Waals surface area contributed by atoms with E-state index in [4.69, 9.17) is 15.2 Å². The minimum absolute atomic E-state index is 0.0818. The van der Waals surface area contributed by atoms with Gasteiger partial charge in [0.05, 0.1) is 36.0 Å². The molecule has 1 saturated heterocycles. The number of sulfone groups is 2. The molecular weight excluding hydrogens is 905 g/mol. The number of hydroxylamine groups is 2. The summed E-state index contributed by atoms with van der Waals surface area (Å²) in [5, 5.41) is 33.6. The van der Waals surface area contributed by atoms with E-state index < -0.39 is 52.4 Å². The van der Waals surface area contributed by atoms with Gasteiger partial charge in [0, 0.05) is 58.6 Å². The average molecular weight is 952 g/mol. The first kappa shape index (κ1) is 48.8. The number of benzene rings is 4. The van der Waals surface area contributed by atoms with Gasteiger partial charge in [0.1, 0.15) is 17.2 Å². The third kappa shape index (κ3) is 9.96. The number of aryl methyl sites for hydroxylation is 2. The number of aliphatic hydroxyl groups is 1. The standard InChI is InChI=1S/C25H25FN2O6S.C20H22FN3O4S2/c1-24(23(29)27-31,35(2,32)33)12-14-28-13-11-20-21(28)10-7-18(22(20)26)6-3-17-4-8-19(9-5-17)25(30)15-34-16-25;1-20(19(25)23-26,30(3,27)28)8-9-24-18-7-4-13(10-14(18)12-22-24)16-6-5-15(29-2)11-17(16)21/h4-5,7-11,13,30-31H,12,14-16H2,1-2H3,(H,27,29);4-7,10-12,26H,8-9H2,1-3H3,(H,23,25)/t24-;20-/m11/s1. The Bertz CT molecular complexity index is 3070. The summed E-state index contributed by atoms with van der Waals surface area (Å²) >= 11 is 1.47. The Morgan fingerprint density at radius 2 is 1.46 bits per heavy atom. The molecule has 5 N–H and O–H groups in total. The number of hydrogen-bond acceptors (Lipinski definition) is 12. The molecule has 0 unspecified atom stereocenters. The topological polar surface area (TPSA) is 219 Å². The third-order valence-corrected chi connectivity index (χ3v) is 16.7. The molecular formula is C45H47F2N5O10S3. The number of amides is 2. The molecule has 0 aliphatic carbocycles. The Balaban J connectivity index is 0.000000218. The molecule has 1 aliphatic heterocycles. The van der Waals surface area contributed by atoms with Gasteiger partial charge in [0.25, 0.3) is 11.8 Å². The van der Waals surface area contributed by atoms with Crippen LogP contribution < -0.4 is 11.0 Å². The number of ether oxygens (including phenoxy) is 1. The molecule has 344 valence electrons. The molecule has 1 fully saturated rings. The first-order chi connectivity index (χ1) is 30.6. The lowest BCUT2D eigenvalue weighted by atomic mass is 9.91. The number of nitrogens with zero attached hydrogens (tertiary/aromatic N) is 3. The molecule has 15 nitrogen and oxygen atoms in total. The van der Waals surface area contributed by atoms with Crippen LogP contribution in [-0.2, 0) is 52.7 Å². The molecule has 2 aromatic heterocycles. The van der Waals surface area contributed by atoms with Crippen molar-refractivity contribution in [2.45, 2.75) is 59.8 Å². The van der Waals surface area contributed by atoms with Gasteiger partial charge in [-0.25, -0.2) is 36.6 Å². The average Bonchev–Trinajstić information content (AvgIpc) is 3.89. The Labute approximate surface area is 378 Å². The number of thioether (sulfide) groups is 1. The summed E-state index contributed by atoms with van der Waals surface area (Å²) in [4.78, 5) is 24.8. The van der Waals surface area contributed by atoms with E-state index in [-0.39, 0.29) is 50.5 Å². The molecule has 3 heterocycles. The summed E-state index contributed by atoms with van der Waals surface area (Å²) in [7, 11) is -7.63. The second kappa shape index (κ2) is 19.1. The molecule has 6 aromatic rings. The molecule has 20 heteroatoms. The number of hydrogen-bond donors (Lipinski definition) is 5. The first-order valence-corrected chi connectivity index (χ1v) is 24.9. The fourth-order valence-corrected chi connectivity index (χ4v) is 9.22. The lowest BCUT2D eigenvalue weighted by Gasteiger charge is -2.36. The maximum absolute atomic E-state index is 15.1. The van der Waals surface area contributed by atoms with Gasteiger partial charge in [-0.3, -0.25) is 24.7 Å². The highest BCUT2D eigenvalue weighted by molar-refractivity contribution is 7.98. The number of fused-ring (bicyclic) bond motifs is 2. The van der Waals surface area contributed by atoms with Crippen LogP contribution in [0, 0.1) is 23.5 Å². The molecule has 0 saturated carbocycles. The van der Waals surface area contributed by atoms with Crippen LogP contribution in [0.5, 0.6) is 0 Å². The zero-order chi connectivity index (χ0) is 47.5. The summed E-state index contributed by atoms with van der Waals surface area (Å²) in [6.07, 6.45) is 6.77. The van der Waals surface area contributed by atoms with E-state index in [1.165, 1.54) is 42.6 Å². The normalized spacial score (nSPS) is 15.4. The Kier molecular flexibility index (Phi) is 14.3. The zero-order valence-corrected chi connectivity index (χ0v) is 38.4. The molecule has 0 radical (unpaired) electrons. The van der Waals surface area contributed by atoms with Crippen molar-refractivity contribution in [1.82, 2.24) is 25.3 Å². The van der Waals surface area contributed by atoms with Crippen LogP contribution in [0.15, 0.2) is 96.2 Å². The van der Waals surface area contributed by atoms with Crippen LogP contribution in [0.3, 0.4) is 0 Å². The Hall–Kier alpha value is -5.66. The van der Waals surface area contributed by atoms with E-state index in [0.717, 1.165) is 33.9 Å². The van der Waals surface area contributed by atoms with E-state index in [1.807, 2.05) is 18.4 Å². The number of halogens is 2. The summed E-state index contributed by atoms with van der Waals surface area (Å²) in [5.74, 6) is 2.92. The van der Waals surface area contributed by atoms with Crippen molar-refractivity contribution in [3.8, 4) is 23.0 Å². The number of nitrogens with one attached hydrogen (secondary N) is 2. The first-order valence-electron chi connectivity index (χ1n) is 19.9. The predicted molar refractivity (Wildman–Crippen MR) is 242 cm³/mol. The predicted octanol–water partition coefficient (Wildman–Crippen LogP) is 5.36. The summed E-state index contributed by atoms with van der Waals surface area (Å²) in [6, 6.07) is 22.3. The smallest absolute Gasteiger partial charge is 0.264 e. The SMILES string of the molecule is CSc1ccc(-c2ccc3c(cnn3CC[C@](C)(C(=O)NO)S(C)(=O)=O)c2)c(F)c1.C[C@@](CCn1ccc2c(F)c(C#Cc3ccc(C4(O)COC4)cc3)ccc21)(C(=O)NO)S(C)(=O)=O. The largest absolute Gasteiger partial charge is 0.380 e. The van der Waals surface area contributed by atoms with Gasteiger partial charge in [-0.2, -0.15) is 5.10 Å². The van der Waals surface area contributed by atoms with Gasteiger partial charge in [0.2, 0.25) is 0 Å². The van der Waals surface area contributed by atoms with Gasteiger partial charge in [-0.1, -0.05) is 36.1 Å².